The van der Waals surface area contributed by atoms with Crippen molar-refractivity contribution in [3.8, 4) is 0 Å². The Hall–Kier alpha value is -2.00. The highest BCUT2D eigenvalue weighted by Gasteiger charge is 2.21. The molecular formula is C12H13N5O2S2. The molecule has 0 spiro atoms. The van der Waals surface area contributed by atoms with Crippen LogP contribution in [-0.4, -0.2) is 28.2 Å². The monoisotopic (exact) mass is 323 g/mol. The van der Waals surface area contributed by atoms with Crippen LogP contribution in [0.3, 0.4) is 0 Å². The van der Waals surface area contributed by atoms with Crippen molar-refractivity contribution in [2.45, 2.75) is 18.9 Å². The minimum atomic E-state index is -3.73. The summed E-state index contributed by atoms with van der Waals surface area (Å²) in [6.45, 7) is 3.90. The highest BCUT2D eigenvalue weighted by molar-refractivity contribution is 7.92. The lowest BCUT2D eigenvalue weighted by Crippen LogP contribution is -2.17. The van der Waals surface area contributed by atoms with Crippen molar-refractivity contribution in [3.63, 3.8) is 0 Å². The average Bonchev–Trinajstić information content (AvgIpc) is 2.95. The number of hydrogen-bond donors (Lipinski definition) is 1. The van der Waals surface area contributed by atoms with E-state index in [1.165, 1.54) is 34.6 Å². The number of fused-ring (bicyclic) bond motifs is 1. The van der Waals surface area contributed by atoms with Crippen molar-refractivity contribution >= 4 is 37.4 Å². The van der Waals surface area contributed by atoms with E-state index in [4.69, 9.17) is 0 Å². The van der Waals surface area contributed by atoms with Gasteiger partial charge >= 0.3 is 0 Å². The van der Waals surface area contributed by atoms with Gasteiger partial charge in [0.2, 0.25) is 0 Å². The van der Waals surface area contributed by atoms with Gasteiger partial charge in [0.25, 0.3) is 10.0 Å². The summed E-state index contributed by atoms with van der Waals surface area (Å²) in [5.74, 6) is 0.294. The Kier molecular flexibility index (Phi) is 3.18. The first kappa shape index (κ1) is 14.0. The van der Waals surface area contributed by atoms with Crippen LogP contribution in [0.15, 0.2) is 23.6 Å². The van der Waals surface area contributed by atoms with Crippen molar-refractivity contribution < 1.29 is 8.42 Å². The van der Waals surface area contributed by atoms with Crippen LogP contribution >= 0.6 is 11.3 Å². The van der Waals surface area contributed by atoms with E-state index in [-0.39, 0.29) is 5.03 Å². The molecule has 3 aromatic heterocycles. The predicted molar refractivity (Wildman–Crippen MR) is 80.9 cm³/mol. The fourth-order valence-corrected chi connectivity index (χ4v) is 4.21. The SMILES string of the molecule is Cc1sc2ncnc(NS(=O)(=O)c3ccnn3C)c2c1C. The van der Waals surface area contributed by atoms with E-state index < -0.39 is 10.0 Å². The molecule has 0 bridgehead atoms. The summed E-state index contributed by atoms with van der Waals surface area (Å²) in [6.07, 6.45) is 2.79. The van der Waals surface area contributed by atoms with Crippen LogP contribution in [0.5, 0.6) is 0 Å². The van der Waals surface area contributed by atoms with Gasteiger partial charge in [0.15, 0.2) is 10.8 Å². The lowest BCUT2D eigenvalue weighted by atomic mass is 10.2. The van der Waals surface area contributed by atoms with E-state index in [0.717, 1.165) is 20.7 Å². The average molecular weight is 323 g/mol. The molecule has 7 nitrogen and oxygen atoms in total. The minimum Gasteiger partial charge on any atom is -0.261 e. The molecule has 0 saturated carbocycles. The van der Waals surface area contributed by atoms with Gasteiger partial charge in [0, 0.05) is 11.9 Å². The Bertz CT molecular complexity index is 926. The Balaban J connectivity index is 2.13. The second-order valence-corrected chi connectivity index (χ2v) is 7.42. The predicted octanol–water partition coefficient (Wildman–Crippen LogP) is 1.84. The zero-order valence-corrected chi connectivity index (χ0v) is 13.3. The van der Waals surface area contributed by atoms with Gasteiger partial charge in [0.05, 0.1) is 11.6 Å². The highest BCUT2D eigenvalue weighted by Crippen LogP contribution is 2.33. The van der Waals surface area contributed by atoms with Gasteiger partial charge in [0.1, 0.15) is 11.2 Å². The fourth-order valence-electron chi connectivity index (χ4n) is 2.06. The maximum Gasteiger partial charge on any atom is 0.280 e. The van der Waals surface area contributed by atoms with Crippen molar-refractivity contribution in [2.75, 3.05) is 4.72 Å². The molecule has 110 valence electrons. The highest BCUT2D eigenvalue weighted by atomic mass is 32.2. The fraction of sp³-hybridized carbons (Fsp3) is 0.250. The van der Waals surface area contributed by atoms with Crippen LogP contribution in [0, 0.1) is 13.8 Å². The molecule has 0 aliphatic rings. The first-order valence-electron chi connectivity index (χ1n) is 6.11. The summed E-state index contributed by atoms with van der Waals surface area (Å²) in [7, 11) is -2.16. The van der Waals surface area contributed by atoms with Crippen molar-refractivity contribution in [1.82, 2.24) is 19.7 Å². The van der Waals surface area contributed by atoms with Gasteiger partial charge in [-0.1, -0.05) is 0 Å². The molecule has 0 aliphatic heterocycles. The van der Waals surface area contributed by atoms with Crippen LogP contribution < -0.4 is 4.72 Å². The van der Waals surface area contributed by atoms with Gasteiger partial charge in [-0.3, -0.25) is 9.40 Å². The maximum atomic E-state index is 12.4. The van der Waals surface area contributed by atoms with Crippen LogP contribution in [0.2, 0.25) is 0 Å². The van der Waals surface area contributed by atoms with Crippen molar-refractivity contribution in [1.29, 1.82) is 0 Å². The molecule has 21 heavy (non-hydrogen) atoms. The number of anilines is 1. The molecule has 0 aromatic carbocycles. The molecule has 9 heteroatoms. The molecule has 0 atom stereocenters. The van der Waals surface area contributed by atoms with Crippen LogP contribution in [-0.2, 0) is 17.1 Å². The van der Waals surface area contributed by atoms with Gasteiger partial charge in [-0.15, -0.1) is 11.3 Å². The molecule has 0 aliphatic carbocycles. The third-order valence-corrected chi connectivity index (χ3v) is 5.78. The van der Waals surface area contributed by atoms with E-state index in [2.05, 4.69) is 19.8 Å². The second-order valence-electron chi connectivity index (χ2n) is 4.58. The number of thiophene rings is 1. The summed E-state index contributed by atoms with van der Waals surface area (Å²) >= 11 is 1.52. The van der Waals surface area contributed by atoms with Crippen molar-refractivity contribution in [3.05, 3.63) is 29.0 Å². The topological polar surface area (TPSA) is 89.8 Å². The van der Waals surface area contributed by atoms with E-state index >= 15 is 0 Å². The number of aromatic nitrogens is 4. The summed E-state index contributed by atoms with van der Waals surface area (Å²) in [5.41, 5.74) is 0.985. The second kappa shape index (κ2) is 4.78. The zero-order chi connectivity index (χ0) is 15.2. The smallest absolute Gasteiger partial charge is 0.261 e. The maximum absolute atomic E-state index is 12.4. The number of hydrogen-bond acceptors (Lipinski definition) is 6. The van der Waals surface area contributed by atoms with Crippen LogP contribution in [0.1, 0.15) is 10.4 Å². The lowest BCUT2D eigenvalue weighted by Gasteiger charge is -2.08. The van der Waals surface area contributed by atoms with Crippen LogP contribution in [0.4, 0.5) is 5.82 Å². The quantitative estimate of drug-likeness (QED) is 0.794. The zero-order valence-electron chi connectivity index (χ0n) is 11.7. The summed E-state index contributed by atoms with van der Waals surface area (Å²) < 4.78 is 28.7. The van der Waals surface area contributed by atoms with Gasteiger partial charge < -0.3 is 0 Å². The van der Waals surface area contributed by atoms with E-state index in [1.54, 1.807) is 7.05 Å². The number of aryl methyl sites for hydroxylation is 3. The van der Waals surface area contributed by atoms with Crippen LogP contribution in [0.25, 0.3) is 10.2 Å². The Morgan fingerprint density at radius 3 is 2.71 bits per heavy atom. The number of nitrogens with one attached hydrogen (secondary N) is 1. The third-order valence-electron chi connectivity index (χ3n) is 3.25. The minimum absolute atomic E-state index is 0.0823. The summed E-state index contributed by atoms with van der Waals surface area (Å²) in [4.78, 5) is 10.1. The molecule has 3 heterocycles. The third kappa shape index (κ3) is 2.28. The van der Waals surface area contributed by atoms with Gasteiger partial charge in [-0.25, -0.2) is 9.97 Å². The first-order valence-corrected chi connectivity index (χ1v) is 8.41. The lowest BCUT2D eigenvalue weighted by molar-refractivity contribution is 0.582. The Morgan fingerprint density at radius 2 is 2.05 bits per heavy atom. The molecule has 0 saturated heterocycles. The van der Waals surface area contributed by atoms with E-state index in [1.807, 2.05) is 13.8 Å². The summed E-state index contributed by atoms with van der Waals surface area (Å²) in [5, 5.41) is 4.70. The molecule has 3 rings (SSSR count). The number of nitrogens with zero attached hydrogens (tertiary/aromatic N) is 4. The number of sulfonamides is 1. The molecule has 0 radical (unpaired) electrons. The Labute approximate surface area is 125 Å². The molecule has 0 unspecified atom stereocenters. The Morgan fingerprint density at radius 1 is 1.29 bits per heavy atom. The summed E-state index contributed by atoms with van der Waals surface area (Å²) in [6, 6.07) is 1.44. The molecule has 0 amide bonds. The molecule has 1 N–H and O–H groups in total. The standard InChI is InChI=1S/C12H13N5O2S2/c1-7-8(2)20-12-10(7)11(13-6-14-12)16-21(18,19)9-4-5-15-17(9)3/h4-6H,1-3H3,(H,13,14,16). The molecule has 3 aromatic rings. The van der Waals surface area contributed by atoms with E-state index in [0.29, 0.717) is 5.82 Å². The molecule has 0 fully saturated rings. The van der Waals surface area contributed by atoms with Crippen molar-refractivity contribution in [2.24, 2.45) is 7.05 Å². The largest absolute Gasteiger partial charge is 0.280 e. The normalized spacial score (nSPS) is 12.0. The van der Waals surface area contributed by atoms with Gasteiger partial charge in [-0.2, -0.15) is 13.5 Å². The molecular weight excluding hydrogens is 310 g/mol. The van der Waals surface area contributed by atoms with E-state index in [9.17, 15) is 8.42 Å². The van der Waals surface area contributed by atoms with Gasteiger partial charge in [-0.05, 0) is 25.5 Å². The first-order chi connectivity index (χ1) is 9.90. The number of rotatable bonds is 3.